The molecule has 1 aliphatic rings. The number of benzene rings is 2. The first kappa shape index (κ1) is 16.2. The van der Waals surface area contributed by atoms with Crippen molar-refractivity contribution in [3.63, 3.8) is 0 Å². The monoisotopic (exact) mass is 359 g/mol. The fourth-order valence-corrected chi connectivity index (χ4v) is 3.73. The molecule has 2 aromatic heterocycles. The zero-order chi connectivity index (χ0) is 18.1. The van der Waals surface area contributed by atoms with Crippen LogP contribution in [0.15, 0.2) is 59.4 Å². The second kappa shape index (κ2) is 6.96. The normalized spacial score (nSPS) is 17.0. The Labute approximate surface area is 157 Å². The van der Waals surface area contributed by atoms with E-state index in [9.17, 15) is 0 Å². The van der Waals surface area contributed by atoms with Crippen molar-refractivity contribution in [2.45, 2.75) is 19.4 Å². The highest BCUT2D eigenvalue weighted by molar-refractivity contribution is 5.75. The lowest BCUT2D eigenvalue weighted by Gasteiger charge is -2.06. The van der Waals surface area contributed by atoms with Crippen LogP contribution in [0.25, 0.3) is 22.4 Å². The van der Waals surface area contributed by atoms with E-state index in [0.717, 1.165) is 48.5 Å². The summed E-state index contributed by atoms with van der Waals surface area (Å²) < 4.78 is 7.64. The predicted molar refractivity (Wildman–Crippen MR) is 103 cm³/mol. The van der Waals surface area contributed by atoms with E-state index in [0.29, 0.717) is 11.7 Å². The molecule has 3 heterocycles. The largest absolute Gasteiger partial charge is 0.339 e. The first-order chi connectivity index (χ1) is 13.3. The molecule has 1 N–H and O–H groups in total. The fourth-order valence-electron chi connectivity index (χ4n) is 3.73. The van der Waals surface area contributed by atoms with E-state index in [-0.39, 0.29) is 0 Å². The molecule has 1 saturated heterocycles. The molecule has 6 nitrogen and oxygen atoms in total. The number of nitrogens with zero attached hydrogens (tertiary/aromatic N) is 4. The third kappa shape index (κ3) is 3.36. The fraction of sp³-hybridized carbons (Fsp3) is 0.286. The predicted octanol–water partition coefficient (Wildman–Crippen LogP) is 3.29. The van der Waals surface area contributed by atoms with Gasteiger partial charge in [-0.25, -0.2) is 4.98 Å². The number of para-hydroxylation sites is 2. The molecule has 2 aromatic carbocycles. The van der Waals surface area contributed by atoms with Crippen LogP contribution in [0.4, 0.5) is 0 Å². The summed E-state index contributed by atoms with van der Waals surface area (Å²) in [6, 6.07) is 16.5. The molecule has 0 saturated carbocycles. The van der Waals surface area contributed by atoms with Gasteiger partial charge in [-0.2, -0.15) is 4.98 Å². The van der Waals surface area contributed by atoms with E-state index in [1.165, 1.54) is 12.0 Å². The Kier molecular flexibility index (Phi) is 4.18. The third-order valence-corrected chi connectivity index (χ3v) is 5.16. The van der Waals surface area contributed by atoms with E-state index >= 15 is 0 Å². The quantitative estimate of drug-likeness (QED) is 0.592. The zero-order valence-corrected chi connectivity index (χ0v) is 15.0. The van der Waals surface area contributed by atoms with E-state index in [1.54, 1.807) is 0 Å². The Morgan fingerprint density at radius 3 is 3.04 bits per heavy atom. The van der Waals surface area contributed by atoms with Crippen molar-refractivity contribution in [3.8, 4) is 11.4 Å². The van der Waals surface area contributed by atoms with Crippen molar-refractivity contribution >= 4 is 11.0 Å². The molecule has 0 radical (unpaired) electrons. The second-order valence-corrected chi connectivity index (χ2v) is 7.14. The van der Waals surface area contributed by atoms with Gasteiger partial charge in [0.1, 0.15) is 0 Å². The lowest BCUT2D eigenvalue weighted by molar-refractivity contribution is 0.358. The number of fused-ring (bicyclic) bond motifs is 1. The molecular formula is C21H21N5O. The molecule has 0 amide bonds. The van der Waals surface area contributed by atoms with Crippen LogP contribution in [0, 0.1) is 5.92 Å². The van der Waals surface area contributed by atoms with Crippen molar-refractivity contribution in [1.82, 2.24) is 25.0 Å². The van der Waals surface area contributed by atoms with Crippen LogP contribution < -0.4 is 5.32 Å². The highest BCUT2D eigenvalue weighted by Gasteiger charge is 2.19. The zero-order valence-electron chi connectivity index (χ0n) is 15.0. The second-order valence-electron chi connectivity index (χ2n) is 7.14. The van der Waals surface area contributed by atoms with Crippen molar-refractivity contribution < 1.29 is 4.52 Å². The Hall–Kier alpha value is -2.99. The van der Waals surface area contributed by atoms with Crippen LogP contribution in [0.1, 0.15) is 17.9 Å². The maximum absolute atomic E-state index is 5.48. The number of nitrogens with one attached hydrogen (secondary N) is 1. The van der Waals surface area contributed by atoms with Gasteiger partial charge in [-0.3, -0.25) is 0 Å². The Bertz CT molecular complexity index is 1060. The third-order valence-electron chi connectivity index (χ3n) is 5.16. The number of imidazole rings is 1. The molecule has 0 aliphatic carbocycles. The van der Waals surface area contributed by atoms with E-state index in [1.807, 2.05) is 36.7 Å². The average molecular weight is 359 g/mol. The minimum atomic E-state index is 0.596. The Morgan fingerprint density at radius 1 is 1.15 bits per heavy atom. The summed E-state index contributed by atoms with van der Waals surface area (Å²) in [6.45, 7) is 2.87. The van der Waals surface area contributed by atoms with Gasteiger partial charge in [0.2, 0.25) is 11.7 Å². The molecule has 0 spiro atoms. The summed E-state index contributed by atoms with van der Waals surface area (Å²) in [5.74, 6) is 1.98. The van der Waals surface area contributed by atoms with Crippen LogP contribution in [-0.2, 0) is 13.0 Å². The Morgan fingerprint density at radius 2 is 2.11 bits per heavy atom. The standard InChI is InChI=1S/C21H21N5O/c1-2-7-19-18(6-1)23-14-26(19)13-16-4-3-5-17(10-16)21-24-20(27-25-21)11-15-8-9-22-12-15/h1-7,10,14-15,22H,8-9,11-13H2. The van der Waals surface area contributed by atoms with E-state index < -0.39 is 0 Å². The highest BCUT2D eigenvalue weighted by atomic mass is 16.5. The van der Waals surface area contributed by atoms with Crippen LogP contribution in [0.5, 0.6) is 0 Å². The van der Waals surface area contributed by atoms with Gasteiger partial charge in [-0.15, -0.1) is 0 Å². The summed E-state index contributed by atoms with van der Waals surface area (Å²) in [4.78, 5) is 9.07. The summed E-state index contributed by atoms with van der Waals surface area (Å²) >= 11 is 0. The van der Waals surface area contributed by atoms with E-state index in [2.05, 4.69) is 43.2 Å². The molecule has 136 valence electrons. The molecule has 0 bridgehead atoms. The minimum absolute atomic E-state index is 0.596. The van der Waals surface area contributed by atoms with Gasteiger partial charge in [-0.1, -0.05) is 35.5 Å². The molecule has 4 aromatic rings. The lowest BCUT2D eigenvalue weighted by atomic mass is 10.1. The summed E-state index contributed by atoms with van der Waals surface area (Å²) in [5, 5.41) is 7.57. The van der Waals surface area contributed by atoms with Crippen molar-refractivity contribution in [1.29, 1.82) is 0 Å². The highest BCUT2D eigenvalue weighted by Crippen LogP contribution is 2.21. The number of hydrogen-bond donors (Lipinski definition) is 1. The SMILES string of the molecule is c1cc(Cn2cnc3ccccc32)cc(-c2noc(CC3CCNC3)n2)c1. The van der Waals surface area contributed by atoms with Crippen LogP contribution in [0.3, 0.4) is 0 Å². The summed E-state index contributed by atoms with van der Waals surface area (Å²) in [7, 11) is 0. The maximum Gasteiger partial charge on any atom is 0.227 e. The topological polar surface area (TPSA) is 68.8 Å². The van der Waals surface area contributed by atoms with E-state index in [4.69, 9.17) is 4.52 Å². The van der Waals surface area contributed by atoms with Crippen LogP contribution >= 0.6 is 0 Å². The van der Waals surface area contributed by atoms with Gasteiger partial charge in [0.25, 0.3) is 0 Å². The maximum atomic E-state index is 5.48. The number of hydrogen-bond acceptors (Lipinski definition) is 5. The Balaban J connectivity index is 1.36. The van der Waals surface area contributed by atoms with Gasteiger partial charge in [-0.05, 0) is 49.2 Å². The van der Waals surface area contributed by atoms with Crippen molar-refractivity contribution in [3.05, 3.63) is 66.3 Å². The van der Waals surface area contributed by atoms with Gasteiger partial charge >= 0.3 is 0 Å². The van der Waals surface area contributed by atoms with Gasteiger partial charge < -0.3 is 14.4 Å². The van der Waals surface area contributed by atoms with Crippen LogP contribution in [-0.4, -0.2) is 32.8 Å². The molecule has 6 heteroatoms. The molecule has 1 aliphatic heterocycles. The first-order valence-corrected chi connectivity index (χ1v) is 9.38. The van der Waals surface area contributed by atoms with Gasteiger partial charge in [0.05, 0.1) is 17.4 Å². The van der Waals surface area contributed by atoms with Crippen molar-refractivity contribution in [2.75, 3.05) is 13.1 Å². The molecule has 1 fully saturated rings. The van der Waals surface area contributed by atoms with Crippen molar-refractivity contribution in [2.24, 2.45) is 5.92 Å². The summed E-state index contributed by atoms with van der Waals surface area (Å²) in [5.41, 5.74) is 4.31. The van der Waals surface area contributed by atoms with Crippen LogP contribution in [0.2, 0.25) is 0 Å². The smallest absolute Gasteiger partial charge is 0.227 e. The summed E-state index contributed by atoms with van der Waals surface area (Å²) in [6.07, 6.45) is 3.91. The number of rotatable bonds is 5. The average Bonchev–Trinajstić information content (AvgIpc) is 3.45. The minimum Gasteiger partial charge on any atom is -0.339 e. The molecular weight excluding hydrogens is 338 g/mol. The molecule has 27 heavy (non-hydrogen) atoms. The molecule has 1 atom stereocenters. The lowest BCUT2D eigenvalue weighted by Crippen LogP contribution is -2.10. The van der Waals surface area contributed by atoms with Gasteiger partial charge in [0, 0.05) is 18.5 Å². The number of aromatic nitrogens is 4. The van der Waals surface area contributed by atoms with Gasteiger partial charge in [0.15, 0.2) is 0 Å². The first-order valence-electron chi connectivity index (χ1n) is 9.38. The molecule has 5 rings (SSSR count). The molecule has 1 unspecified atom stereocenters.